The van der Waals surface area contributed by atoms with E-state index in [0.29, 0.717) is 12.4 Å². The number of carboxylic acid groups (broad SMARTS) is 1. The summed E-state index contributed by atoms with van der Waals surface area (Å²) in [7, 11) is 0. The molecule has 0 radical (unpaired) electrons. The largest absolute Gasteiger partial charge is 0.494 e. The lowest BCUT2D eigenvalue weighted by Crippen LogP contribution is -2.29. The van der Waals surface area contributed by atoms with Gasteiger partial charge in [0.15, 0.2) is 0 Å². The van der Waals surface area contributed by atoms with Crippen molar-refractivity contribution in [2.75, 3.05) is 6.61 Å². The highest BCUT2D eigenvalue weighted by atomic mass is 16.5. The molecule has 178 valence electrons. The highest BCUT2D eigenvalue weighted by Crippen LogP contribution is 2.43. The highest BCUT2D eigenvalue weighted by molar-refractivity contribution is 5.87. The normalized spacial score (nSPS) is 11.2. The molecule has 0 aliphatic carbocycles. The molecule has 0 amide bonds. The monoisotopic (exact) mass is 464 g/mol. The van der Waals surface area contributed by atoms with Crippen LogP contribution in [0, 0.1) is 0 Å². The number of carbonyl (C=O) groups is 1. The first-order valence-electron chi connectivity index (χ1n) is 12.3. The van der Waals surface area contributed by atoms with Crippen LogP contribution in [0.2, 0.25) is 0 Å². The Hall–Kier alpha value is -3.85. The van der Waals surface area contributed by atoms with Crippen LogP contribution in [0.3, 0.4) is 0 Å². The Morgan fingerprint density at radius 3 is 1.51 bits per heavy atom. The molecule has 0 heterocycles. The first-order chi connectivity index (χ1) is 17.2. The predicted molar refractivity (Wildman–Crippen MR) is 141 cm³/mol. The summed E-state index contributed by atoms with van der Waals surface area (Å²) < 4.78 is 5.80. The number of hydrogen-bond acceptors (Lipinski definition) is 2. The van der Waals surface area contributed by atoms with Crippen LogP contribution in [-0.4, -0.2) is 17.7 Å². The van der Waals surface area contributed by atoms with Gasteiger partial charge in [-0.1, -0.05) is 110 Å². The van der Waals surface area contributed by atoms with Gasteiger partial charge >= 0.3 is 5.97 Å². The van der Waals surface area contributed by atoms with Crippen LogP contribution in [0.25, 0.3) is 0 Å². The molecular weight excluding hydrogens is 432 g/mol. The van der Waals surface area contributed by atoms with E-state index < -0.39 is 5.97 Å². The van der Waals surface area contributed by atoms with Gasteiger partial charge in [-0.05, 0) is 53.8 Å². The highest BCUT2D eigenvalue weighted by Gasteiger charge is 2.35. The lowest BCUT2D eigenvalue weighted by molar-refractivity contribution is 0.0697. The lowest BCUT2D eigenvalue weighted by atomic mass is 9.66. The molecule has 0 spiro atoms. The van der Waals surface area contributed by atoms with Crippen LogP contribution in [0.15, 0.2) is 115 Å². The number of benzene rings is 4. The summed E-state index contributed by atoms with van der Waals surface area (Å²) in [4.78, 5) is 11.0. The summed E-state index contributed by atoms with van der Waals surface area (Å²) in [5.41, 5.74) is 4.06. The summed E-state index contributed by atoms with van der Waals surface area (Å²) in [5.74, 6) is -0.208. The number of ether oxygens (including phenoxy) is 1. The van der Waals surface area contributed by atoms with Crippen molar-refractivity contribution in [1.29, 1.82) is 0 Å². The van der Waals surface area contributed by atoms with Crippen LogP contribution in [0.5, 0.6) is 5.75 Å². The summed E-state index contributed by atoms with van der Waals surface area (Å²) in [6, 6.07) is 39.2. The maximum absolute atomic E-state index is 11.0. The maximum Gasteiger partial charge on any atom is 0.335 e. The van der Waals surface area contributed by atoms with E-state index in [1.807, 2.05) is 0 Å². The molecule has 35 heavy (non-hydrogen) atoms. The molecule has 0 aromatic heterocycles. The second-order valence-electron chi connectivity index (χ2n) is 8.85. The fraction of sp³-hybridized carbons (Fsp3) is 0.219. The number of hydrogen-bond donors (Lipinski definition) is 1. The number of aromatic carboxylic acids is 1. The van der Waals surface area contributed by atoms with Crippen molar-refractivity contribution in [3.63, 3.8) is 0 Å². The van der Waals surface area contributed by atoms with Crippen LogP contribution in [0.4, 0.5) is 0 Å². The smallest absolute Gasteiger partial charge is 0.335 e. The van der Waals surface area contributed by atoms with Gasteiger partial charge in [0, 0.05) is 5.41 Å². The molecule has 0 fully saturated rings. The first-order valence-corrected chi connectivity index (χ1v) is 12.3. The van der Waals surface area contributed by atoms with Crippen LogP contribution in [0.1, 0.15) is 59.2 Å². The molecular formula is C32H32O3. The van der Waals surface area contributed by atoms with Gasteiger partial charge in [-0.15, -0.1) is 0 Å². The molecule has 0 aliphatic rings. The third kappa shape index (κ3) is 5.99. The molecule has 0 saturated carbocycles. The zero-order chi connectivity index (χ0) is 24.3. The topological polar surface area (TPSA) is 46.5 Å². The summed E-state index contributed by atoms with van der Waals surface area (Å²) in [6.45, 7) is 0.633. The number of unbranched alkanes of at least 4 members (excludes halogenated alkanes) is 3. The Morgan fingerprint density at radius 1 is 0.600 bits per heavy atom. The van der Waals surface area contributed by atoms with Crippen LogP contribution >= 0.6 is 0 Å². The van der Waals surface area contributed by atoms with Crippen molar-refractivity contribution >= 4 is 5.97 Å². The van der Waals surface area contributed by atoms with E-state index >= 15 is 0 Å². The van der Waals surface area contributed by atoms with Gasteiger partial charge < -0.3 is 9.84 Å². The van der Waals surface area contributed by atoms with Gasteiger partial charge in [-0.3, -0.25) is 0 Å². The Balaban J connectivity index is 1.41. The van der Waals surface area contributed by atoms with Gasteiger partial charge in [0.2, 0.25) is 0 Å². The van der Waals surface area contributed by atoms with Crippen molar-refractivity contribution in [1.82, 2.24) is 0 Å². The lowest BCUT2D eigenvalue weighted by Gasteiger charge is -2.36. The Bertz CT molecular complexity index is 1070. The third-order valence-corrected chi connectivity index (χ3v) is 6.62. The predicted octanol–water partition coefficient (Wildman–Crippen LogP) is 7.75. The minimum absolute atomic E-state index is 0.188. The van der Waals surface area contributed by atoms with E-state index in [2.05, 4.69) is 91.0 Å². The second-order valence-corrected chi connectivity index (χ2v) is 8.85. The van der Waals surface area contributed by atoms with Gasteiger partial charge in [0.05, 0.1) is 12.2 Å². The number of carboxylic acids is 1. The molecule has 4 rings (SSSR count). The summed E-state index contributed by atoms with van der Waals surface area (Å²) in [5, 5.41) is 9.01. The Kier molecular flexibility index (Phi) is 8.34. The fourth-order valence-electron chi connectivity index (χ4n) is 4.83. The molecule has 4 aromatic rings. The van der Waals surface area contributed by atoms with E-state index in [1.54, 1.807) is 24.3 Å². The minimum atomic E-state index is -0.922. The van der Waals surface area contributed by atoms with Gasteiger partial charge in [-0.2, -0.15) is 0 Å². The van der Waals surface area contributed by atoms with Gasteiger partial charge in [0.25, 0.3) is 0 Å². The zero-order valence-electron chi connectivity index (χ0n) is 20.0. The molecule has 4 aromatic carbocycles. The average molecular weight is 465 g/mol. The van der Waals surface area contributed by atoms with Crippen LogP contribution < -0.4 is 4.74 Å². The molecule has 0 bridgehead atoms. The van der Waals surface area contributed by atoms with Crippen molar-refractivity contribution in [2.24, 2.45) is 0 Å². The van der Waals surface area contributed by atoms with Crippen molar-refractivity contribution < 1.29 is 14.6 Å². The van der Waals surface area contributed by atoms with E-state index in [1.165, 1.54) is 16.7 Å². The van der Waals surface area contributed by atoms with Gasteiger partial charge in [0.1, 0.15) is 5.75 Å². The molecule has 0 aliphatic heterocycles. The van der Waals surface area contributed by atoms with Gasteiger partial charge in [-0.25, -0.2) is 4.79 Å². The maximum atomic E-state index is 11.0. The van der Waals surface area contributed by atoms with Crippen LogP contribution in [-0.2, 0) is 5.41 Å². The van der Waals surface area contributed by atoms with Crippen molar-refractivity contribution in [3.05, 3.63) is 138 Å². The van der Waals surface area contributed by atoms with E-state index in [9.17, 15) is 4.79 Å². The SMILES string of the molecule is O=C(O)c1ccc(OCCCCCCC(c2ccccc2)(c2ccccc2)c2ccccc2)cc1. The molecule has 1 N–H and O–H groups in total. The molecule has 0 saturated heterocycles. The van der Waals surface area contributed by atoms with E-state index in [-0.39, 0.29) is 11.0 Å². The first kappa shape index (κ1) is 24.3. The number of rotatable bonds is 12. The summed E-state index contributed by atoms with van der Waals surface area (Å²) >= 11 is 0. The molecule has 3 heteroatoms. The van der Waals surface area contributed by atoms with Crippen molar-refractivity contribution in [2.45, 2.75) is 37.5 Å². The standard InChI is InChI=1S/C32H32O3/c33-31(34)26-20-22-30(23-21-26)35-25-13-2-1-12-24-32(27-14-6-3-7-15-27,28-16-8-4-9-17-28)29-18-10-5-11-19-29/h3-11,14-23H,1-2,12-13,24-25H2,(H,33,34). The third-order valence-electron chi connectivity index (χ3n) is 6.62. The summed E-state index contributed by atoms with van der Waals surface area (Å²) in [6.07, 6.45) is 5.31. The minimum Gasteiger partial charge on any atom is -0.494 e. The van der Waals surface area contributed by atoms with E-state index in [0.717, 1.165) is 32.1 Å². The fourth-order valence-corrected chi connectivity index (χ4v) is 4.83. The zero-order valence-corrected chi connectivity index (χ0v) is 20.0. The Morgan fingerprint density at radius 2 is 1.06 bits per heavy atom. The molecule has 3 nitrogen and oxygen atoms in total. The average Bonchev–Trinajstić information content (AvgIpc) is 2.92. The van der Waals surface area contributed by atoms with E-state index in [4.69, 9.17) is 9.84 Å². The quantitative estimate of drug-likeness (QED) is 0.172. The second kappa shape index (κ2) is 12.0. The molecule has 0 unspecified atom stereocenters. The van der Waals surface area contributed by atoms with Crippen molar-refractivity contribution in [3.8, 4) is 5.75 Å². The molecule has 0 atom stereocenters. The Labute approximate surface area is 208 Å².